The Morgan fingerprint density at radius 2 is 2.64 bits per heavy atom. The summed E-state index contributed by atoms with van der Waals surface area (Å²) in [6.45, 7) is 3.21. The van der Waals surface area contributed by atoms with Gasteiger partial charge in [0.05, 0.1) is 6.04 Å². The largest absolute Gasteiger partial charge is 0.308 e. The summed E-state index contributed by atoms with van der Waals surface area (Å²) in [6, 6.07) is 0.550. The second-order valence-electron chi connectivity index (χ2n) is 2.98. The van der Waals surface area contributed by atoms with Crippen LogP contribution in [0.1, 0.15) is 29.6 Å². The fraction of sp³-hybridized carbons (Fsp3) is 0.625. The maximum atomic E-state index is 4.45. The van der Waals surface area contributed by atoms with E-state index < -0.39 is 0 Å². The van der Waals surface area contributed by atoms with Crippen LogP contribution in [-0.2, 0) is 0 Å². The quantitative estimate of drug-likeness (QED) is 0.692. The molecule has 2 nitrogen and oxygen atoms in total. The molecule has 0 aromatic carbocycles. The molecule has 0 saturated carbocycles. The lowest BCUT2D eigenvalue weighted by molar-refractivity contribution is 0.641. The highest BCUT2D eigenvalue weighted by molar-refractivity contribution is 7.09. The van der Waals surface area contributed by atoms with Crippen molar-refractivity contribution in [3.8, 4) is 0 Å². The molecule has 3 heteroatoms. The lowest BCUT2D eigenvalue weighted by Crippen LogP contribution is -2.12. The SMILES string of the molecule is Cc1csc([C@H]2CCCN2)n1. The highest BCUT2D eigenvalue weighted by Gasteiger charge is 2.18. The molecule has 0 amide bonds. The van der Waals surface area contributed by atoms with Crippen LogP contribution >= 0.6 is 11.3 Å². The molecule has 11 heavy (non-hydrogen) atoms. The first-order valence-corrected chi connectivity index (χ1v) is 4.89. The molecule has 60 valence electrons. The monoisotopic (exact) mass is 168 g/mol. The van der Waals surface area contributed by atoms with Gasteiger partial charge in [-0.15, -0.1) is 11.3 Å². The molecule has 0 radical (unpaired) electrons. The molecular formula is C8H12N2S. The Morgan fingerprint density at radius 3 is 3.18 bits per heavy atom. The average Bonchev–Trinajstić information content (AvgIpc) is 2.55. The summed E-state index contributed by atoms with van der Waals surface area (Å²) >= 11 is 1.77. The van der Waals surface area contributed by atoms with Crippen LogP contribution < -0.4 is 5.32 Å². The van der Waals surface area contributed by atoms with E-state index in [1.165, 1.54) is 17.8 Å². The molecule has 1 atom stereocenters. The van der Waals surface area contributed by atoms with Gasteiger partial charge in [0.1, 0.15) is 5.01 Å². The summed E-state index contributed by atoms with van der Waals surface area (Å²) in [5, 5.41) is 6.82. The Balaban J connectivity index is 2.15. The molecule has 1 aliphatic heterocycles. The van der Waals surface area contributed by atoms with Gasteiger partial charge < -0.3 is 5.32 Å². The number of hydrogen-bond acceptors (Lipinski definition) is 3. The van der Waals surface area contributed by atoms with E-state index in [-0.39, 0.29) is 0 Å². The number of rotatable bonds is 1. The Bertz CT molecular complexity index is 238. The summed E-state index contributed by atoms with van der Waals surface area (Å²) < 4.78 is 0. The molecule has 0 aliphatic carbocycles. The zero-order valence-corrected chi connectivity index (χ0v) is 7.45. The second-order valence-corrected chi connectivity index (χ2v) is 3.87. The van der Waals surface area contributed by atoms with Crippen LogP contribution in [0.4, 0.5) is 0 Å². The number of thiazole rings is 1. The highest BCUT2D eigenvalue weighted by atomic mass is 32.1. The van der Waals surface area contributed by atoms with E-state index in [1.54, 1.807) is 11.3 Å². The fourth-order valence-corrected chi connectivity index (χ4v) is 2.33. The number of nitrogens with zero attached hydrogens (tertiary/aromatic N) is 1. The standard InChI is InChI=1S/C8H12N2S/c1-6-5-11-8(10-6)7-3-2-4-9-7/h5,7,9H,2-4H2,1H3/t7-/m1/s1. The van der Waals surface area contributed by atoms with Gasteiger partial charge >= 0.3 is 0 Å². The van der Waals surface area contributed by atoms with Crippen LogP contribution in [0, 0.1) is 6.92 Å². The van der Waals surface area contributed by atoms with Gasteiger partial charge in [-0.1, -0.05) is 0 Å². The van der Waals surface area contributed by atoms with E-state index >= 15 is 0 Å². The van der Waals surface area contributed by atoms with E-state index in [2.05, 4.69) is 22.6 Å². The molecule has 0 unspecified atom stereocenters. The topological polar surface area (TPSA) is 24.9 Å². The fourth-order valence-electron chi connectivity index (χ4n) is 1.43. The lowest BCUT2D eigenvalue weighted by atomic mass is 10.2. The van der Waals surface area contributed by atoms with Gasteiger partial charge in [-0.05, 0) is 26.3 Å². The van der Waals surface area contributed by atoms with Crippen molar-refractivity contribution in [3.05, 3.63) is 16.1 Å². The average molecular weight is 168 g/mol. The Hall–Kier alpha value is -0.410. The van der Waals surface area contributed by atoms with Crippen molar-refractivity contribution in [2.45, 2.75) is 25.8 Å². The lowest BCUT2D eigenvalue weighted by Gasteiger charge is -2.03. The predicted molar refractivity (Wildman–Crippen MR) is 46.8 cm³/mol. The molecule has 1 aromatic rings. The Morgan fingerprint density at radius 1 is 1.73 bits per heavy atom. The summed E-state index contributed by atoms with van der Waals surface area (Å²) in [7, 11) is 0. The minimum atomic E-state index is 0.550. The summed E-state index contributed by atoms with van der Waals surface area (Å²) in [5.74, 6) is 0. The predicted octanol–water partition coefficient (Wildman–Crippen LogP) is 1.88. The molecular weight excluding hydrogens is 156 g/mol. The zero-order chi connectivity index (χ0) is 7.68. The van der Waals surface area contributed by atoms with Crippen LogP contribution in [0.5, 0.6) is 0 Å². The molecule has 0 spiro atoms. The number of aryl methyl sites for hydroxylation is 1. The van der Waals surface area contributed by atoms with Gasteiger partial charge in [-0.25, -0.2) is 4.98 Å². The van der Waals surface area contributed by atoms with Crippen LogP contribution in [0.3, 0.4) is 0 Å². The molecule has 1 fully saturated rings. The van der Waals surface area contributed by atoms with Crippen LogP contribution in [0.15, 0.2) is 5.38 Å². The minimum Gasteiger partial charge on any atom is -0.308 e. The molecule has 0 bridgehead atoms. The summed E-state index contributed by atoms with van der Waals surface area (Å²) in [6.07, 6.45) is 2.55. The zero-order valence-electron chi connectivity index (χ0n) is 6.63. The van der Waals surface area contributed by atoms with Crippen LogP contribution in [0.25, 0.3) is 0 Å². The van der Waals surface area contributed by atoms with Crippen molar-refractivity contribution in [1.29, 1.82) is 0 Å². The van der Waals surface area contributed by atoms with Crippen molar-refractivity contribution < 1.29 is 0 Å². The number of nitrogens with one attached hydrogen (secondary N) is 1. The van der Waals surface area contributed by atoms with E-state index in [1.807, 2.05) is 0 Å². The minimum absolute atomic E-state index is 0.550. The van der Waals surface area contributed by atoms with E-state index in [9.17, 15) is 0 Å². The third kappa shape index (κ3) is 1.44. The van der Waals surface area contributed by atoms with E-state index in [4.69, 9.17) is 0 Å². The number of aromatic nitrogens is 1. The molecule has 1 aliphatic rings. The second kappa shape index (κ2) is 2.91. The van der Waals surface area contributed by atoms with Gasteiger partial charge in [0.2, 0.25) is 0 Å². The van der Waals surface area contributed by atoms with Crippen molar-refractivity contribution in [3.63, 3.8) is 0 Å². The van der Waals surface area contributed by atoms with Crippen molar-refractivity contribution in [2.24, 2.45) is 0 Å². The highest BCUT2D eigenvalue weighted by Crippen LogP contribution is 2.25. The Kier molecular flexibility index (Phi) is 1.92. The van der Waals surface area contributed by atoms with Crippen molar-refractivity contribution >= 4 is 11.3 Å². The van der Waals surface area contributed by atoms with Crippen molar-refractivity contribution in [2.75, 3.05) is 6.54 Å². The third-order valence-corrected chi connectivity index (χ3v) is 3.07. The molecule has 1 N–H and O–H groups in total. The third-order valence-electron chi connectivity index (χ3n) is 2.00. The van der Waals surface area contributed by atoms with Gasteiger partial charge in [0.25, 0.3) is 0 Å². The smallest absolute Gasteiger partial charge is 0.110 e. The van der Waals surface area contributed by atoms with Crippen LogP contribution in [0.2, 0.25) is 0 Å². The first kappa shape index (κ1) is 7.25. The van der Waals surface area contributed by atoms with Crippen LogP contribution in [-0.4, -0.2) is 11.5 Å². The van der Waals surface area contributed by atoms with Gasteiger partial charge in [-0.3, -0.25) is 0 Å². The first-order chi connectivity index (χ1) is 5.36. The molecule has 2 rings (SSSR count). The normalized spacial score (nSPS) is 24.3. The first-order valence-electron chi connectivity index (χ1n) is 4.01. The molecule has 1 aromatic heterocycles. The van der Waals surface area contributed by atoms with Crippen molar-refractivity contribution in [1.82, 2.24) is 10.3 Å². The van der Waals surface area contributed by atoms with Gasteiger partial charge in [0.15, 0.2) is 0 Å². The van der Waals surface area contributed by atoms with Gasteiger partial charge in [0, 0.05) is 11.1 Å². The van der Waals surface area contributed by atoms with Gasteiger partial charge in [-0.2, -0.15) is 0 Å². The molecule has 2 heterocycles. The summed E-state index contributed by atoms with van der Waals surface area (Å²) in [5.41, 5.74) is 1.15. The number of hydrogen-bond donors (Lipinski definition) is 1. The van der Waals surface area contributed by atoms with E-state index in [0.29, 0.717) is 6.04 Å². The Labute approximate surface area is 70.7 Å². The van der Waals surface area contributed by atoms with E-state index in [0.717, 1.165) is 12.2 Å². The maximum Gasteiger partial charge on any atom is 0.110 e. The maximum absolute atomic E-state index is 4.45. The molecule has 1 saturated heterocycles. The summed E-state index contributed by atoms with van der Waals surface area (Å²) in [4.78, 5) is 4.45.